The van der Waals surface area contributed by atoms with Gasteiger partial charge in [-0.25, -0.2) is 0 Å². The van der Waals surface area contributed by atoms with E-state index in [0.717, 1.165) is 21.7 Å². The second-order valence-corrected chi connectivity index (χ2v) is 6.87. The molecular formula is C14H17Br2N3. The first-order valence-corrected chi connectivity index (χ1v) is 8.04. The molecule has 102 valence electrons. The molecule has 5 heteroatoms. The summed E-state index contributed by atoms with van der Waals surface area (Å²) in [6, 6.07) is 6.20. The molecule has 0 aliphatic heterocycles. The molecule has 0 spiro atoms. The molecule has 0 saturated carbocycles. The molecule has 1 aromatic carbocycles. The first kappa shape index (κ1) is 14.7. The molecule has 0 aliphatic carbocycles. The molecular weight excluding hydrogens is 370 g/mol. The molecule has 19 heavy (non-hydrogen) atoms. The molecule has 1 heterocycles. The molecule has 0 fully saturated rings. The Bertz CT molecular complexity index is 597. The first-order chi connectivity index (χ1) is 8.86. The van der Waals surface area contributed by atoms with Gasteiger partial charge in [0.25, 0.3) is 0 Å². The molecule has 0 unspecified atom stereocenters. The Balaban J connectivity index is 2.70. The topological polar surface area (TPSA) is 30.7 Å². The summed E-state index contributed by atoms with van der Waals surface area (Å²) < 4.78 is 3.26. The maximum absolute atomic E-state index is 4.38. The highest BCUT2D eigenvalue weighted by atomic mass is 79.9. The number of nitrogens with zero attached hydrogens (tertiary/aromatic N) is 3. The van der Waals surface area contributed by atoms with Crippen LogP contribution in [-0.2, 0) is 10.9 Å². The number of rotatable bonds is 2. The first-order valence-electron chi connectivity index (χ1n) is 6.12. The summed E-state index contributed by atoms with van der Waals surface area (Å²) in [5.41, 5.74) is 2.21. The summed E-state index contributed by atoms with van der Waals surface area (Å²) in [6.45, 7) is 8.57. The van der Waals surface area contributed by atoms with Gasteiger partial charge in [0, 0.05) is 15.6 Å². The summed E-state index contributed by atoms with van der Waals surface area (Å²) in [7, 11) is 0. The minimum absolute atomic E-state index is 0.0644. The Labute approximate surface area is 130 Å². The van der Waals surface area contributed by atoms with Crippen molar-refractivity contribution in [1.29, 1.82) is 0 Å². The molecule has 0 atom stereocenters. The van der Waals surface area contributed by atoms with Crippen LogP contribution in [0.5, 0.6) is 0 Å². The van der Waals surface area contributed by atoms with Crippen molar-refractivity contribution in [1.82, 2.24) is 14.8 Å². The second-order valence-electron chi connectivity index (χ2n) is 5.52. The number of aromatic nitrogens is 3. The molecule has 0 amide bonds. The van der Waals surface area contributed by atoms with Crippen LogP contribution < -0.4 is 0 Å². The predicted octanol–water partition coefficient (Wildman–Crippen LogP) is 4.67. The largest absolute Gasteiger partial charge is 0.305 e. The molecule has 1 aromatic heterocycles. The lowest BCUT2D eigenvalue weighted by molar-refractivity contribution is 0.391. The maximum atomic E-state index is 4.38. The third-order valence-corrected chi connectivity index (χ3v) is 4.51. The molecule has 0 radical (unpaired) electrons. The lowest BCUT2D eigenvalue weighted by atomic mass is 10.1. The van der Waals surface area contributed by atoms with Crippen LogP contribution in [0.1, 0.15) is 32.2 Å². The van der Waals surface area contributed by atoms with Crippen molar-refractivity contribution >= 4 is 31.9 Å². The number of benzene rings is 1. The number of halogens is 2. The van der Waals surface area contributed by atoms with Crippen molar-refractivity contribution in [2.75, 3.05) is 0 Å². The molecule has 0 N–H and O–H groups in total. The van der Waals surface area contributed by atoms with Crippen LogP contribution in [0.2, 0.25) is 0 Å². The van der Waals surface area contributed by atoms with Crippen molar-refractivity contribution in [3.63, 3.8) is 0 Å². The fourth-order valence-corrected chi connectivity index (χ4v) is 2.91. The van der Waals surface area contributed by atoms with Gasteiger partial charge in [0.05, 0.1) is 5.33 Å². The molecule has 0 saturated heterocycles. The molecule has 0 bridgehead atoms. The molecule has 2 rings (SSSR count). The van der Waals surface area contributed by atoms with Crippen LogP contribution in [0, 0.1) is 6.92 Å². The monoisotopic (exact) mass is 385 g/mol. The van der Waals surface area contributed by atoms with Gasteiger partial charge in [0.1, 0.15) is 5.82 Å². The lowest BCUT2D eigenvalue weighted by Gasteiger charge is -2.25. The fourth-order valence-electron chi connectivity index (χ4n) is 2.10. The molecule has 0 aliphatic rings. The van der Waals surface area contributed by atoms with Crippen LogP contribution in [-0.4, -0.2) is 14.8 Å². The van der Waals surface area contributed by atoms with Gasteiger partial charge >= 0.3 is 0 Å². The summed E-state index contributed by atoms with van der Waals surface area (Å²) in [6.07, 6.45) is 0. The van der Waals surface area contributed by atoms with Crippen LogP contribution in [0.15, 0.2) is 22.7 Å². The van der Waals surface area contributed by atoms with E-state index in [2.05, 4.69) is 86.5 Å². The van der Waals surface area contributed by atoms with Gasteiger partial charge in [-0.3, -0.25) is 0 Å². The van der Waals surface area contributed by atoms with E-state index in [0.29, 0.717) is 5.33 Å². The normalized spacial score (nSPS) is 11.9. The highest BCUT2D eigenvalue weighted by Gasteiger charge is 2.24. The van der Waals surface area contributed by atoms with E-state index in [4.69, 9.17) is 0 Å². The Morgan fingerprint density at radius 3 is 2.47 bits per heavy atom. The highest BCUT2D eigenvalue weighted by molar-refractivity contribution is 9.10. The standard InChI is InChI=1S/C14H17Br2N3/c1-9-6-5-7-10(12(9)16)13-18-17-11(8-15)19(13)14(2,3)4/h5-7H,8H2,1-4H3. The zero-order valence-corrected chi connectivity index (χ0v) is 14.7. The SMILES string of the molecule is Cc1cccc(-c2nnc(CBr)n2C(C)(C)C)c1Br. The van der Waals surface area contributed by atoms with Crippen LogP contribution in [0.3, 0.4) is 0 Å². The van der Waals surface area contributed by atoms with Crippen molar-refractivity contribution in [2.45, 2.75) is 38.6 Å². The minimum Gasteiger partial charge on any atom is -0.305 e. The van der Waals surface area contributed by atoms with E-state index in [1.54, 1.807) is 0 Å². The summed E-state index contributed by atoms with van der Waals surface area (Å²) >= 11 is 7.14. The number of hydrogen-bond acceptors (Lipinski definition) is 2. The van der Waals surface area contributed by atoms with Gasteiger partial charge < -0.3 is 4.57 Å². The van der Waals surface area contributed by atoms with E-state index < -0.39 is 0 Å². The number of hydrogen-bond donors (Lipinski definition) is 0. The Morgan fingerprint density at radius 1 is 1.21 bits per heavy atom. The third-order valence-electron chi connectivity index (χ3n) is 2.95. The quantitative estimate of drug-likeness (QED) is 0.702. The Hall–Kier alpha value is -0.680. The Kier molecular flexibility index (Phi) is 4.16. The Morgan fingerprint density at radius 2 is 1.89 bits per heavy atom. The fraction of sp³-hybridized carbons (Fsp3) is 0.429. The smallest absolute Gasteiger partial charge is 0.165 e. The van der Waals surface area contributed by atoms with Gasteiger partial charge in [-0.05, 0) is 49.2 Å². The van der Waals surface area contributed by atoms with Crippen molar-refractivity contribution < 1.29 is 0 Å². The van der Waals surface area contributed by atoms with E-state index in [-0.39, 0.29) is 5.54 Å². The minimum atomic E-state index is -0.0644. The lowest BCUT2D eigenvalue weighted by Crippen LogP contribution is -2.24. The van der Waals surface area contributed by atoms with Crippen molar-refractivity contribution in [3.8, 4) is 11.4 Å². The van der Waals surface area contributed by atoms with Crippen molar-refractivity contribution in [2.24, 2.45) is 0 Å². The zero-order valence-electron chi connectivity index (χ0n) is 11.5. The zero-order chi connectivity index (χ0) is 14.2. The van der Waals surface area contributed by atoms with Crippen LogP contribution in [0.4, 0.5) is 0 Å². The summed E-state index contributed by atoms with van der Waals surface area (Å²) in [4.78, 5) is 0. The van der Waals surface area contributed by atoms with E-state index >= 15 is 0 Å². The van der Waals surface area contributed by atoms with Crippen molar-refractivity contribution in [3.05, 3.63) is 34.1 Å². The number of aryl methyl sites for hydroxylation is 1. The van der Waals surface area contributed by atoms with E-state index in [1.807, 2.05) is 6.07 Å². The third kappa shape index (κ3) is 2.77. The summed E-state index contributed by atoms with van der Waals surface area (Å²) in [5.74, 6) is 1.84. The maximum Gasteiger partial charge on any atom is 0.165 e. The average Bonchev–Trinajstić information content (AvgIpc) is 2.76. The highest BCUT2D eigenvalue weighted by Crippen LogP contribution is 2.33. The van der Waals surface area contributed by atoms with Gasteiger partial charge in [0.2, 0.25) is 0 Å². The van der Waals surface area contributed by atoms with Gasteiger partial charge in [-0.2, -0.15) is 0 Å². The van der Waals surface area contributed by atoms with Gasteiger partial charge in [-0.15, -0.1) is 10.2 Å². The van der Waals surface area contributed by atoms with Gasteiger partial charge in [0.15, 0.2) is 5.82 Å². The van der Waals surface area contributed by atoms with Crippen LogP contribution in [0.25, 0.3) is 11.4 Å². The second kappa shape index (κ2) is 5.37. The molecule has 3 nitrogen and oxygen atoms in total. The predicted molar refractivity (Wildman–Crippen MR) is 85.5 cm³/mol. The van der Waals surface area contributed by atoms with Crippen LogP contribution >= 0.6 is 31.9 Å². The van der Waals surface area contributed by atoms with E-state index in [9.17, 15) is 0 Å². The van der Waals surface area contributed by atoms with E-state index in [1.165, 1.54) is 5.56 Å². The summed E-state index contributed by atoms with van der Waals surface area (Å²) in [5, 5.41) is 9.37. The van der Waals surface area contributed by atoms with Gasteiger partial charge in [-0.1, -0.05) is 34.1 Å². The number of alkyl halides is 1. The average molecular weight is 387 g/mol. The molecule has 2 aromatic rings.